The van der Waals surface area contributed by atoms with Crippen LogP contribution in [-0.4, -0.2) is 60.9 Å². The molecule has 0 aliphatic heterocycles. The molecular formula is C21H27N3O6S. The smallest absolute Gasteiger partial charge is 0.328 e. The average Bonchev–Trinajstić information content (AvgIpc) is 3.10. The summed E-state index contributed by atoms with van der Waals surface area (Å²) in [4.78, 5) is 39.8. The molecule has 1 heterocycles. The van der Waals surface area contributed by atoms with E-state index in [1.165, 1.54) is 0 Å². The van der Waals surface area contributed by atoms with Crippen molar-refractivity contribution in [3.63, 3.8) is 0 Å². The lowest BCUT2D eigenvalue weighted by Crippen LogP contribution is -2.49. The van der Waals surface area contributed by atoms with Crippen LogP contribution >= 0.6 is 0 Å². The number of fused-ring (bicyclic) bond motifs is 1. The van der Waals surface area contributed by atoms with Gasteiger partial charge in [0.1, 0.15) is 11.3 Å². The highest BCUT2D eigenvalue weighted by molar-refractivity contribution is 7.92. The van der Waals surface area contributed by atoms with Crippen molar-refractivity contribution in [1.29, 1.82) is 5.41 Å². The number of hydrogen-bond donors (Lipinski definition) is 3. The van der Waals surface area contributed by atoms with E-state index in [9.17, 15) is 22.8 Å². The molecule has 1 amide bonds. The van der Waals surface area contributed by atoms with Gasteiger partial charge in [-0.05, 0) is 31.9 Å². The molecule has 3 N–H and O–H groups in total. The van der Waals surface area contributed by atoms with Crippen LogP contribution in [0.5, 0.6) is 0 Å². The Bertz CT molecular complexity index is 1070. The van der Waals surface area contributed by atoms with E-state index >= 15 is 0 Å². The first kappa shape index (κ1) is 24.3. The standard InChI is InChI=1S/C21H27N3O6S/c1-13(2)30-21(27)18(9-8-15(25)11-22)24-20(26)19(31(3,28)29)10-14-12-23-17-7-5-4-6-16(14)17/h4-7,11-13,18-19,22-23H,8-10H2,1-3H3,(H,24,26)/t18-,19-/m0/s1. The molecule has 0 unspecified atom stereocenters. The third-order valence-electron chi connectivity index (χ3n) is 4.68. The number of benzene rings is 1. The molecule has 0 saturated carbocycles. The van der Waals surface area contributed by atoms with Crippen molar-refractivity contribution >= 4 is 44.6 Å². The number of sulfone groups is 1. The van der Waals surface area contributed by atoms with Gasteiger partial charge in [-0.25, -0.2) is 13.2 Å². The minimum absolute atomic E-state index is 0.0833. The van der Waals surface area contributed by atoms with Gasteiger partial charge < -0.3 is 20.4 Å². The molecule has 10 heteroatoms. The molecule has 0 bridgehead atoms. The number of esters is 1. The largest absolute Gasteiger partial charge is 0.461 e. The van der Waals surface area contributed by atoms with E-state index in [1.807, 2.05) is 24.3 Å². The maximum Gasteiger partial charge on any atom is 0.328 e. The monoisotopic (exact) mass is 449 g/mol. The molecule has 1 aromatic heterocycles. The van der Waals surface area contributed by atoms with Crippen molar-refractivity contribution in [2.45, 2.75) is 50.5 Å². The average molecular weight is 450 g/mol. The summed E-state index contributed by atoms with van der Waals surface area (Å²) in [6.07, 6.45) is 2.45. The van der Waals surface area contributed by atoms with Crippen LogP contribution in [-0.2, 0) is 35.4 Å². The predicted octanol–water partition coefficient (Wildman–Crippen LogP) is 1.56. The van der Waals surface area contributed by atoms with Gasteiger partial charge in [-0.2, -0.15) is 0 Å². The fraction of sp³-hybridized carbons (Fsp3) is 0.429. The van der Waals surface area contributed by atoms with Gasteiger partial charge in [0.25, 0.3) is 0 Å². The number of nitrogens with one attached hydrogen (secondary N) is 3. The summed E-state index contributed by atoms with van der Waals surface area (Å²) in [7, 11) is -3.82. The van der Waals surface area contributed by atoms with Gasteiger partial charge in [0, 0.05) is 36.2 Å². The summed E-state index contributed by atoms with van der Waals surface area (Å²) >= 11 is 0. The number of hydrogen-bond acceptors (Lipinski definition) is 7. The summed E-state index contributed by atoms with van der Waals surface area (Å²) in [6, 6.07) is 6.11. The maximum absolute atomic E-state index is 12.9. The Morgan fingerprint density at radius 1 is 1.23 bits per heavy atom. The number of para-hydroxylation sites is 1. The van der Waals surface area contributed by atoms with Gasteiger partial charge in [-0.15, -0.1) is 0 Å². The molecule has 0 saturated heterocycles. The van der Waals surface area contributed by atoms with Crippen LogP contribution in [0.15, 0.2) is 30.5 Å². The first-order chi connectivity index (χ1) is 14.5. The zero-order chi connectivity index (χ0) is 23.2. The van der Waals surface area contributed by atoms with Crippen LogP contribution in [0, 0.1) is 5.41 Å². The van der Waals surface area contributed by atoms with E-state index in [-0.39, 0.29) is 19.3 Å². The number of H-pyrrole nitrogens is 1. The predicted molar refractivity (Wildman–Crippen MR) is 117 cm³/mol. The lowest BCUT2D eigenvalue weighted by Gasteiger charge is -2.22. The molecule has 1 aromatic carbocycles. The van der Waals surface area contributed by atoms with Crippen LogP contribution in [0.4, 0.5) is 0 Å². The van der Waals surface area contributed by atoms with Crippen molar-refractivity contribution < 1.29 is 27.5 Å². The van der Waals surface area contributed by atoms with Gasteiger partial charge in [-0.3, -0.25) is 9.59 Å². The second-order valence-electron chi connectivity index (χ2n) is 7.58. The third kappa shape index (κ3) is 6.74. The van der Waals surface area contributed by atoms with Gasteiger partial charge >= 0.3 is 5.97 Å². The second-order valence-corrected chi connectivity index (χ2v) is 9.81. The number of ether oxygens (including phenoxy) is 1. The normalized spacial score (nSPS) is 13.5. The van der Waals surface area contributed by atoms with E-state index in [0.717, 1.165) is 17.2 Å². The Morgan fingerprint density at radius 2 is 1.90 bits per heavy atom. The van der Waals surface area contributed by atoms with Gasteiger partial charge in [0.2, 0.25) is 5.91 Å². The van der Waals surface area contributed by atoms with Crippen LogP contribution in [0.25, 0.3) is 10.9 Å². The van der Waals surface area contributed by atoms with E-state index in [4.69, 9.17) is 10.1 Å². The minimum Gasteiger partial charge on any atom is -0.461 e. The lowest BCUT2D eigenvalue weighted by atomic mass is 10.1. The fourth-order valence-electron chi connectivity index (χ4n) is 3.13. The number of Topliss-reactive ketones (excluding diaryl/α,β-unsaturated/α-hetero) is 1. The Labute approximate surface area is 181 Å². The fourth-order valence-corrected chi connectivity index (χ4v) is 4.06. The molecule has 9 nitrogen and oxygen atoms in total. The van der Waals surface area contributed by atoms with Gasteiger partial charge in [0.05, 0.1) is 12.3 Å². The lowest BCUT2D eigenvalue weighted by molar-refractivity contribution is -0.151. The van der Waals surface area contributed by atoms with Crippen molar-refractivity contribution in [1.82, 2.24) is 10.3 Å². The Balaban J connectivity index is 2.25. The van der Waals surface area contributed by atoms with Crippen LogP contribution in [0.1, 0.15) is 32.3 Å². The number of aromatic amines is 1. The number of ketones is 1. The zero-order valence-corrected chi connectivity index (χ0v) is 18.5. The molecule has 2 rings (SSSR count). The summed E-state index contributed by atoms with van der Waals surface area (Å²) < 4.78 is 29.9. The highest BCUT2D eigenvalue weighted by Gasteiger charge is 2.33. The van der Waals surface area contributed by atoms with Crippen molar-refractivity contribution in [2.24, 2.45) is 0 Å². The van der Waals surface area contributed by atoms with E-state index in [1.54, 1.807) is 20.0 Å². The van der Waals surface area contributed by atoms with E-state index < -0.39 is 44.9 Å². The molecule has 2 atom stereocenters. The molecular weight excluding hydrogens is 422 g/mol. The Hall–Kier alpha value is -3.01. The molecule has 0 aliphatic carbocycles. The summed E-state index contributed by atoms with van der Waals surface area (Å²) in [5.74, 6) is -2.13. The van der Waals surface area contributed by atoms with Gasteiger partial charge in [-0.1, -0.05) is 18.2 Å². The quantitative estimate of drug-likeness (QED) is 0.350. The molecule has 0 spiro atoms. The highest BCUT2D eigenvalue weighted by atomic mass is 32.2. The first-order valence-corrected chi connectivity index (χ1v) is 11.8. The third-order valence-corrected chi connectivity index (χ3v) is 6.10. The van der Waals surface area contributed by atoms with Crippen LogP contribution in [0.3, 0.4) is 0 Å². The maximum atomic E-state index is 12.9. The zero-order valence-electron chi connectivity index (χ0n) is 17.7. The molecule has 31 heavy (non-hydrogen) atoms. The van der Waals surface area contributed by atoms with E-state index in [0.29, 0.717) is 11.8 Å². The molecule has 0 fully saturated rings. The Kier molecular flexibility index (Phi) is 8.09. The molecule has 0 aliphatic rings. The Morgan fingerprint density at radius 3 is 2.52 bits per heavy atom. The van der Waals surface area contributed by atoms with E-state index in [2.05, 4.69) is 10.3 Å². The number of amides is 1. The summed E-state index contributed by atoms with van der Waals surface area (Å²) in [5, 5.41) is 8.79. The summed E-state index contributed by atoms with van der Waals surface area (Å²) in [5.41, 5.74) is 1.47. The second kappa shape index (κ2) is 10.3. The van der Waals surface area contributed by atoms with Crippen LogP contribution in [0.2, 0.25) is 0 Å². The number of carbonyl (C=O) groups excluding carboxylic acids is 3. The molecule has 0 radical (unpaired) electrons. The number of rotatable bonds is 11. The number of aromatic nitrogens is 1. The topological polar surface area (TPSA) is 146 Å². The SMILES string of the molecule is CC(C)OC(=O)[C@H](CCC(=O)C=N)NC(=O)[C@H](Cc1c[nH]c2ccccc12)S(C)(=O)=O. The molecule has 2 aromatic rings. The van der Waals surface area contributed by atoms with Crippen molar-refractivity contribution in [2.75, 3.05) is 6.26 Å². The van der Waals surface area contributed by atoms with Gasteiger partial charge in [0.15, 0.2) is 15.6 Å². The van der Waals surface area contributed by atoms with Crippen LogP contribution < -0.4 is 5.32 Å². The van der Waals surface area contributed by atoms with Crippen molar-refractivity contribution in [3.8, 4) is 0 Å². The number of carbonyl (C=O) groups is 3. The first-order valence-electron chi connectivity index (χ1n) is 9.81. The molecule has 168 valence electrons. The van der Waals surface area contributed by atoms with Crippen molar-refractivity contribution in [3.05, 3.63) is 36.0 Å². The summed E-state index contributed by atoms with van der Waals surface area (Å²) in [6.45, 7) is 3.27. The highest BCUT2D eigenvalue weighted by Crippen LogP contribution is 2.21. The minimum atomic E-state index is -3.82.